The van der Waals surface area contributed by atoms with E-state index in [4.69, 9.17) is 0 Å². The summed E-state index contributed by atoms with van der Waals surface area (Å²) in [6.07, 6.45) is -3.79. The van der Waals surface area contributed by atoms with Crippen LogP contribution in [0.5, 0.6) is 0 Å². The predicted octanol–water partition coefficient (Wildman–Crippen LogP) is 6.19. The summed E-state index contributed by atoms with van der Waals surface area (Å²) < 4.78 is 38.8. The number of hydrogen-bond donors (Lipinski definition) is 0. The number of anilines is 2. The van der Waals surface area contributed by atoms with Gasteiger partial charge in [-0.15, -0.1) is 0 Å². The average molecular weight is 358 g/mol. The topological polar surface area (TPSA) is 15.6 Å². The van der Waals surface area contributed by atoms with E-state index in [-0.39, 0.29) is 0 Å². The minimum absolute atomic E-state index is 0.304. The van der Waals surface area contributed by atoms with E-state index >= 15 is 0 Å². The van der Waals surface area contributed by atoms with Gasteiger partial charge in [-0.3, -0.25) is 4.90 Å². The highest BCUT2D eigenvalue weighted by molar-refractivity contribution is 7.08. The molecule has 0 amide bonds. The number of para-hydroxylation sites is 1. The van der Waals surface area contributed by atoms with Gasteiger partial charge in [-0.05, 0) is 41.3 Å². The molecular weight excluding hydrogens is 345 g/mol. The molecule has 126 valence electrons. The third-order valence-electron chi connectivity index (χ3n) is 4.04. The van der Waals surface area contributed by atoms with Crippen LogP contribution in [0.1, 0.15) is 11.1 Å². The Kier molecular flexibility index (Phi) is 3.84. The molecule has 0 saturated carbocycles. The molecule has 0 radical (unpaired) electrons. The third-order valence-corrected chi connectivity index (χ3v) is 4.71. The fourth-order valence-corrected chi connectivity index (χ4v) is 3.55. The van der Waals surface area contributed by atoms with Crippen molar-refractivity contribution in [1.29, 1.82) is 0 Å². The van der Waals surface area contributed by atoms with Gasteiger partial charge in [0.25, 0.3) is 0 Å². The van der Waals surface area contributed by atoms with Crippen LogP contribution in [-0.2, 0) is 12.6 Å². The molecule has 0 aliphatic carbocycles. The van der Waals surface area contributed by atoms with Gasteiger partial charge in [0.2, 0.25) is 0 Å². The maximum absolute atomic E-state index is 12.9. The first-order chi connectivity index (χ1) is 12.0. The van der Waals surface area contributed by atoms with E-state index in [2.05, 4.69) is 4.99 Å². The number of benzene rings is 2. The fraction of sp³-hybridized carbons (Fsp3) is 0.105. The number of fused-ring (bicyclic) bond motifs is 1. The van der Waals surface area contributed by atoms with Gasteiger partial charge in [-0.2, -0.15) is 24.5 Å². The molecule has 0 fully saturated rings. The number of hydrogen-bond acceptors (Lipinski definition) is 2. The summed E-state index contributed by atoms with van der Waals surface area (Å²) in [7, 11) is 0. The second-order valence-electron chi connectivity index (χ2n) is 5.70. The second-order valence-corrected chi connectivity index (χ2v) is 6.48. The Balaban J connectivity index is 1.78. The van der Waals surface area contributed by atoms with Crippen LogP contribution < -0.4 is 4.90 Å². The molecule has 25 heavy (non-hydrogen) atoms. The molecule has 0 spiro atoms. The van der Waals surface area contributed by atoms with Crippen molar-refractivity contribution in [2.24, 2.45) is 4.99 Å². The maximum Gasteiger partial charge on any atom is 0.416 e. The largest absolute Gasteiger partial charge is 0.416 e. The Hall–Kier alpha value is -2.60. The van der Waals surface area contributed by atoms with Gasteiger partial charge < -0.3 is 0 Å². The summed E-state index contributed by atoms with van der Waals surface area (Å²) in [4.78, 5) is 6.54. The van der Waals surface area contributed by atoms with Gasteiger partial charge in [-0.25, -0.2) is 4.99 Å². The number of halogens is 3. The Morgan fingerprint density at radius 1 is 1.00 bits per heavy atom. The van der Waals surface area contributed by atoms with Crippen molar-refractivity contribution in [3.8, 4) is 0 Å². The van der Waals surface area contributed by atoms with Crippen molar-refractivity contribution in [3.05, 3.63) is 76.5 Å². The maximum atomic E-state index is 12.9. The van der Waals surface area contributed by atoms with Crippen LogP contribution in [0.4, 0.5) is 30.2 Å². The van der Waals surface area contributed by atoms with Gasteiger partial charge in [0.05, 0.1) is 22.6 Å². The smallest absolute Gasteiger partial charge is 0.297 e. The van der Waals surface area contributed by atoms with Crippen LogP contribution >= 0.6 is 11.3 Å². The monoisotopic (exact) mass is 358 g/mol. The summed E-state index contributed by atoms with van der Waals surface area (Å²) >= 11 is 1.57. The highest BCUT2D eigenvalue weighted by Crippen LogP contribution is 2.38. The van der Waals surface area contributed by atoms with Crippen LogP contribution in [0.15, 0.2) is 70.3 Å². The van der Waals surface area contributed by atoms with Crippen molar-refractivity contribution in [2.45, 2.75) is 12.6 Å². The van der Waals surface area contributed by atoms with Crippen LogP contribution in [0.2, 0.25) is 0 Å². The van der Waals surface area contributed by atoms with Gasteiger partial charge in [0.1, 0.15) is 5.84 Å². The molecule has 2 heterocycles. The van der Waals surface area contributed by atoms with Crippen LogP contribution in [-0.4, -0.2) is 5.84 Å². The first kappa shape index (κ1) is 15.9. The molecular formula is C19H13F3N2S. The SMILES string of the molecule is FC(F)(F)c1cccc(N=C2Cc3ccccc3N2c2ccsc2)c1. The first-order valence-corrected chi connectivity index (χ1v) is 8.62. The van der Waals surface area contributed by atoms with Crippen molar-refractivity contribution < 1.29 is 13.2 Å². The van der Waals surface area contributed by atoms with Crippen molar-refractivity contribution in [3.63, 3.8) is 0 Å². The fourth-order valence-electron chi connectivity index (χ4n) is 2.93. The molecule has 0 N–H and O–H groups in total. The number of nitrogens with zero attached hydrogens (tertiary/aromatic N) is 2. The molecule has 2 aromatic carbocycles. The summed E-state index contributed by atoms with van der Waals surface area (Å²) in [5.74, 6) is 0.721. The standard InChI is InChI=1S/C19H13F3N2S/c20-19(21,22)14-5-3-6-15(11-14)23-18-10-13-4-1-2-7-17(13)24(18)16-8-9-25-12-16/h1-9,11-12H,10H2. The zero-order chi connectivity index (χ0) is 17.4. The number of aliphatic imine (C=N–C) groups is 1. The van der Waals surface area contributed by atoms with E-state index in [1.807, 2.05) is 46.0 Å². The molecule has 0 bridgehead atoms. The lowest BCUT2D eigenvalue weighted by Crippen LogP contribution is -2.20. The molecule has 1 aliphatic heterocycles. The molecule has 3 aromatic rings. The first-order valence-electron chi connectivity index (χ1n) is 7.67. The van der Waals surface area contributed by atoms with Crippen LogP contribution in [0.25, 0.3) is 0 Å². The highest BCUT2D eigenvalue weighted by atomic mass is 32.1. The van der Waals surface area contributed by atoms with Crippen molar-refractivity contribution >= 4 is 34.2 Å². The zero-order valence-corrected chi connectivity index (χ0v) is 13.8. The summed E-state index contributed by atoms with van der Waals surface area (Å²) in [6.45, 7) is 0. The molecule has 2 nitrogen and oxygen atoms in total. The molecule has 6 heteroatoms. The predicted molar refractivity (Wildman–Crippen MR) is 95.1 cm³/mol. The minimum atomic E-state index is -4.37. The van der Waals surface area contributed by atoms with Crippen molar-refractivity contribution in [2.75, 3.05) is 4.90 Å². The summed E-state index contributed by atoms with van der Waals surface area (Å²) in [6, 6.07) is 15.0. The molecule has 0 unspecified atom stereocenters. The number of alkyl halides is 3. The Morgan fingerprint density at radius 2 is 1.84 bits per heavy atom. The summed E-state index contributed by atoms with van der Waals surface area (Å²) in [5.41, 5.74) is 2.72. The molecule has 0 atom stereocenters. The van der Waals surface area contributed by atoms with E-state index in [9.17, 15) is 13.2 Å². The Morgan fingerprint density at radius 3 is 2.60 bits per heavy atom. The molecule has 1 aromatic heterocycles. The Labute approximate surface area is 146 Å². The normalized spacial score (nSPS) is 15.6. The third kappa shape index (κ3) is 3.05. The number of thiophene rings is 1. The number of amidine groups is 1. The van der Waals surface area contributed by atoms with Gasteiger partial charge in [0.15, 0.2) is 0 Å². The lowest BCUT2D eigenvalue weighted by molar-refractivity contribution is -0.137. The van der Waals surface area contributed by atoms with Crippen LogP contribution in [0, 0.1) is 0 Å². The molecule has 0 saturated heterocycles. The van der Waals surface area contributed by atoms with E-state index in [0.29, 0.717) is 12.1 Å². The van der Waals surface area contributed by atoms with E-state index < -0.39 is 11.7 Å². The summed E-state index contributed by atoms with van der Waals surface area (Å²) in [5, 5.41) is 3.97. The highest BCUT2D eigenvalue weighted by Gasteiger charge is 2.31. The molecule has 1 aliphatic rings. The minimum Gasteiger partial charge on any atom is -0.297 e. The Bertz CT molecular complexity index is 930. The van der Waals surface area contributed by atoms with E-state index in [0.717, 1.165) is 34.9 Å². The zero-order valence-electron chi connectivity index (χ0n) is 13.0. The average Bonchev–Trinajstić information content (AvgIpc) is 3.21. The second kappa shape index (κ2) is 6.04. The van der Waals surface area contributed by atoms with Gasteiger partial charge in [0, 0.05) is 11.8 Å². The lowest BCUT2D eigenvalue weighted by Gasteiger charge is -2.19. The number of rotatable bonds is 2. The van der Waals surface area contributed by atoms with Gasteiger partial charge in [-0.1, -0.05) is 24.3 Å². The van der Waals surface area contributed by atoms with E-state index in [1.165, 1.54) is 6.07 Å². The quantitative estimate of drug-likeness (QED) is 0.533. The molecule has 4 rings (SSSR count). The van der Waals surface area contributed by atoms with Crippen molar-refractivity contribution in [1.82, 2.24) is 0 Å². The van der Waals surface area contributed by atoms with Crippen LogP contribution in [0.3, 0.4) is 0 Å². The van der Waals surface area contributed by atoms with Gasteiger partial charge >= 0.3 is 6.18 Å². The van der Waals surface area contributed by atoms with E-state index in [1.54, 1.807) is 17.4 Å². The lowest BCUT2D eigenvalue weighted by atomic mass is 10.1.